The minimum Gasteiger partial charge on any atom is -0.370 e. The van der Waals surface area contributed by atoms with E-state index in [1.807, 2.05) is 12.1 Å². The highest BCUT2D eigenvalue weighted by molar-refractivity contribution is 6.32. The van der Waals surface area contributed by atoms with Gasteiger partial charge < -0.3 is 11.5 Å². The van der Waals surface area contributed by atoms with Crippen LogP contribution in [0.25, 0.3) is 5.57 Å². The number of allylic oxidation sites excluding steroid dienone is 1. The van der Waals surface area contributed by atoms with E-state index in [1.54, 1.807) is 12.1 Å². The summed E-state index contributed by atoms with van der Waals surface area (Å²) in [6.45, 7) is 0. The summed E-state index contributed by atoms with van der Waals surface area (Å²) in [4.78, 5) is 15.6. The van der Waals surface area contributed by atoms with Gasteiger partial charge in [-0.2, -0.15) is 4.99 Å². The Morgan fingerprint density at radius 1 is 1.12 bits per heavy atom. The standard InChI is InChI=1S/C18H15ClFN3O/c19-16-7-6-12(20)9-15(16)13-3-1-2-10-4-5-11(8-14(10)13)17(24)23-18(21)22/h3-9H,1-2H2,(H4,21,22,23,24). The van der Waals surface area contributed by atoms with E-state index in [0.717, 1.165) is 29.5 Å². The van der Waals surface area contributed by atoms with Crippen LogP contribution in [0, 0.1) is 5.82 Å². The van der Waals surface area contributed by atoms with E-state index in [2.05, 4.69) is 4.99 Å². The smallest absolute Gasteiger partial charge is 0.280 e. The van der Waals surface area contributed by atoms with Crippen molar-refractivity contribution in [3.05, 3.63) is 75.6 Å². The number of hydrogen-bond acceptors (Lipinski definition) is 1. The molecule has 2 aromatic rings. The van der Waals surface area contributed by atoms with Crippen LogP contribution in [0.1, 0.15) is 33.5 Å². The Morgan fingerprint density at radius 2 is 1.92 bits per heavy atom. The number of guanidine groups is 1. The van der Waals surface area contributed by atoms with Crippen molar-refractivity contribution in [1.29, 1.82) is 0 Å². The molecule has 0 saturated carbocycles. The summed E-state index contributed by atoms with van der Waals surface area (Å²) in [5, 5.41) is 0.455. The maximum Gasteiger partial charge on any atom is 0.280 e. The van der Waals surface area contributed by atoms with Gasteiger partial charge in [-0.3, -0.25) is 4.79 Å². The molecule has 0 fully saturated rings. The minimum absolute atomic E-state index is 0.290. The van der Waals surface area contributed by atoms with Crippen molar-refractivity contribution in [2.45, 2.75) is 12.8 Å². The van der Waals surface area contributed by atoms with Crippen molar-refractivity contribution in [2.24, 2.45) is 16.5 Å². The van der Waals surface area contributed by atoms with Crippen molar-refractivity contribution >= 4 is 29.0 Å². The zero-order chi connectivity index (χ0) is 17.3. The van der Waals surface area contributed by atoms with E-state index in [-0.39, 0.29) is 11.8 Å². The quantitative estimate of drug-likeness (QED) is 0.648. The summed E-state index contributed by atoms with van der Waals surface area (Å²) in [7, 11) is 0. The van der Waals surface area contributed by atoms with Gasteiger partial charge in [-0.15, -0.1) is 0 Å². The van der Waals surface area contributed by atoms with Gasteiger partial charge >= 0.3 is 0 Å². The first-order valence-corrected chi connectivity index (χ1v) is 7.76. The summed E-state index contributed by atoms with van der Waals surface area (Å²) >= 11 is 6.24. The van der Waals surface area contributed by atoms with Gasteiger partial charge in [-0.1, -0.05) is 23.7 Å². The molecule has 0 spiro atoms. The van der Waals surface area contributed by atoms with Gasteiger partial charge in [-0.25, -0.2) is 4.39 Å². The third-order valence-corrected chi connectivity index (χ3v) is 4.19. The number of benzene rings is 2. The molecule has 0 radical (unpaired) electrons. The highest BCUT2D eigenvalue weighted by Crippen LogP contribution is 2.36. The Hall–Kier alpha value is -2.66. The van der Waals surface area contributed by atoms with Crippen molar-refractivity contribution in [3.63, 3.8) is 0 Å². The summed E-state index contributed by atoms with van der Waals surface area (Å²) in [6.07, 6.45) is 3.65. The Morgan fingerprint density at radius 3 is 2.67 bits per heavy atom. The number of fused-ring (bicyclic) bond motifs is 1. The molecule has 0 aliphatic heterocycles. The average molecular weight is 344 g/mol. The van der Waals surface area contributed by atoms with E-state index in [1.165, 1.54) is 18.2 Å². The largest absolute Gasteiger partial charge is 0.370 e. The molecule has 1 aliphatic rings. The molecule has 1 aliphatic carbocycles. The van der Waals surface area contributed by atoms with Crippen LogP contribution in [-0.2, 0) is 6.42 Å². The third kappa shape index (κ3) is 3.16. The van der Waals surface area contributed by atoms with E-state index in [4.69, 9.17) is 23.1 Å². The second kappa shape index (κ2) is 6.45. The highest BCUT2D eigenvalue weighted by Gasteiger charge is 2.19. The van der Waals surface area contributed by atoms with Gasteiger partial charge in [0, 0.05) is 16.1 Å². The fourth-order valence-electron chi connectivity index (χ4n) is 2.80. The molecule has 0 aromatic heterocycles. The number of carbonyl (C=O) groups excluding carboxylic acids is 1. The second-order valence-corrected chi connectivity index (χ2v) is 5.90. The second-order valence-electron chi connectivity index (χ2n) is 5.49. The maximum absolute atomic E-state index is 13.6. The number of nitrogens with two attached hydrogens (primary N) is 2. The van der Waals surface area contributed by atoms with Gasteiger partial charge in [0.2, 0.25) is 0 Å². The number of aryl methyl sites for hydroxylation is 1. The van der Waals surface area contributed by atoms with Crippen LogP contribution in [-0.4, -0.2) is 11.9 Å². The molecule has 3 rings (SSSR count). The first-order chi connectivity index (χ1) is 11.5. The van der Waals surface area contributed by atoms with Crippen molar-refractivity contribution in [3.8, 4) is 0 Å². The van der Waals surface area contributed by atoms with Gasteiger partial charge in [0.15, 0.2) is 5.96 Å². The van der Waals surface area contributed by atoms with Crippen LogP contribution < -0.4 is 11.5 Å². The van der Waals surface area contributed by atoms with E-state index in [9.17, 15) is 9.18 Å². The Bertz CT molecular complexity index is 886. The molecule has 6 heteroatoms. The normalized spacial score (nSPS) is 13.0. The number of rotatable bonds is 2. The summed E-state index contributed by atoms with van der Waals surface area (Å²) in [6, 6.07) is 9.50. The molecule has 4 nitrogen and oxygen atoms in total. The molecular weight excluding hydrogens is 329 g/mol. The molecule has 0 heterocycles. The van der Waals surface area contributed by atoms with Crippen molar-refractivity contribution in [1.82, 2.24) is 0 Å². The van der Waals surface area contributed by atoms with Crippen LogP contribution in [0.5, 0.6) is 0 Å². The molecule has 0 atom stereocenters. The summed E-state index contributed by atoms with van der Waals surface area (Å²) < 4.78 is 13.6. The van der Waals surface area contributed by atoms with Crippen molar-refractivity contribution in [2.75, 3.05) is 0 Å². The van der Waals surface area contributed by atoms with Crippen LogP contribution in [0.15, 0.2) is 47.5 Å². The lowest BCUT2D eigenvalue weighted by Crippen LogP contribution is -2.24. The third-order valence-electron chi connectivity index (χ3n) is 3.86. The molecule has 0 bridgehead atoms. The Labute approximate surface area is 143 Å². The Balaban J connectivity index is 2.11. The lowest BCUT2D eigenvalue weighted by Gasteiger charge is -2.19. The fraction of sp³-hybridized carbons (Fsp3) is 0.111. The molecule has 24 heavy (non-hydrogen) atoms. The number of hydrogen-bond donors (Lipinski definition) is 2. The predicted molar refractivity (Wildman–Crippen MR) is 93.4 cm³/mol. The lowest BCUT2D eigenvalue weighted by atomic mass is 9.86. The first-order valence-electron chi connectivity index (χ1n) is 7.38. The van der Waals surface area contributed by atoms with Gasteiger partial charge in [-0.05, 0) is 59.9 Å². The molecule has 122 valence electrons. The lowest BCUT2D eigenvalue weighted by molar-refractivity contribution is 0.100. The maximum atomic E-state index is 13.6. The van der Waals surface area contributed by atoms with E-state index in [0.29, 0.717) is 16.1 Å². The minimum atomic E-state index is -0.520. The number of amides is 1. The summed E-state index contributed by atoms with van der Waals surface area (Å²) in [5.41, 5.74) is 14.2. The molecule has 1 amide bonds. The number of nitrogens with zero attached hydrogens (tertiary/aromatic N) is 1. The topological polar surface area (TPSA) is 81.5 Å². The monoisotopic (exact) mass is 343 g/mol. The van der Waals surface area contributed by atoms with E-state index < -0.39 is 5.91 Å². The number of halogens is 2. The first kappa shape index (κ1) is 16.2. The predicted octanol–water partition coefficient (Wildman–Crippen LogP) is 3.27. The number of aliphatic imine (C=N–C) groups is 1. The SMILES string of the molecule is NC(N)=NC(=O)c1ccc2c(c1)C(c1cc(F)ccc1Cl)=CCC2. The fourth-order valence-corrected chi connectivity index (χ4v) is 3.02. The summed E-state index contributed by atoms with van der Waals surface area (Å²) in [5.74, 6) is -1.18. The molecule has 4 N–H and O–H groups in total. The molecule has 0 saturated heterocycles. The van der Waals surface area contributed by atoms with Gasteiger partial charge in [0.1, 0.15) is 5.82 Å². The van der Waals surface area contributed by atoms with Crippen LogP contribution in [0.2, 0.25) is 5.02 Å². The van der Waals surface area contributed by atoms with Gasteiger partial charge in [0.25, 0.3) is 5.91 Å². The van der Waals surface area contributed by atoms with E-state index >= 15 is 0 Å². The zero-order valence-electron chi connectivity index (χ0n) is 12.7. The van der Waals surface area contributed by atoms with Crippen LogP contribution >= 0.6 is 11.6 Å². The van der Waals surface area contributed by atoms with Crippen molar-refractivity contribution < 1.29 is 9.18 Å². The van der Waals surface area contributed by atoms with Gasteiger partial charge in [0.05, 0.1) is 0 Å². The van der Waals surface area contributed by atoms with Crippen LogP contribution in [0.4, 0.5) is 4.39 Å². The molecular formula is C18H15ClFN3O. The average Bonchev–Trinajstić information content (AvgIpc) is 2.55. The number of carbonyl (C=O) groups is 1. The van der Waals surface area contributed by atoms with Crippen LogP contribution in [0.3, 0.4) is 0 Å². The Kier molecular flexibility index (Phi) is 4.36. The highest BCUT2D eigenvalue weighted by atomic mass is 35.5. The zero-order valence-corrected chi connectivity index (χ0v) is 13.5. The molecule has 0 unspecified atom stereocenters. The molecule has 2 aromatic carbocycles.